The quantitative estimate of drug-likeness (QED) is 0.386. The Morgan fingerprint density at radius 2 is 1.45 bits per heavy atom. The van der Waals surface area contributed by atoms with E-state index in [4.69, 9.17) is 9.98 Å². The molecule has 198 valence electrons. The molecule has 0 saturated heterocycles. The molecule has 2 aromatic heterocycles. The Bertz CT molecular complexity index is 1490. The van der Waals surface area contributed by atoms with E-state index in [2.05, 4.69) is 86.3 Å². The first kappa shape index (κ1) is 26.2. The summed E-state index contributed by atoms with van der Waals surface area (Å²) in [7, 11) is 0. The minimum atomic E-state index is 0.815. The molecule has 2 aromatic rings. The summed E-state index contributed by atoms with van der Waals surface area (Å²) in [6.07, 6.45) is 24.1. The number of aromatic amines is 2. The lowest BCUT2D eigenvalue weighted by Crippen LogP contribution is -2.13. The van der Waals surface area contributed by atoms with Gasteiger partial charge in [0.25, 0.3) is 0 Å². The van der Waals surface area contributed by atoms with Gasteiger partial charge in [-0.3, -0.25) is 4.99 Å². The van der Waals surface area contributed by atoms with E-state index in [-0.39, 0.29) is 0 Å². The van der Waals surface area contributed by atoms with Crippen LogP contribution in [-0.2, 0) is 19.3 Å². The van der Waals surface area contributed by atoms with Gasteiger partial charge in [-0.15, -0.1) is 0 Å². The molecule has 0 aromatic carbocycles. The van der Waals surface area contributed by atoms with E-state index in [9.17, 15) is 0 Å². The average Bonchev–Trinajstić information content (AvgIpc) is 3.65. The summed E-state index contributed by atoms with van der Waals surface area (Å²) in [5, 5.41) is 2.37. The molecule has 0 unspecified atom stereocenters. The molecular formula is C34H42N4. The van der Waals surface area contributed by atoms with Crippen molar-refractivity contribution < 1.29 is 0 Å². The summed E-state index contributed by atoms with van der Waals surface area (Å²) in [6.45, 7) is 8.99. The number of aliphatic imine (C=N–C) groups is 2. The maximum absolute atomic E-state index is 5.09. The number of aryl methyl sites for hydroxylation is 2. The third kappa shape index (κ3) is 5.85. The summed E-state index contributed by atoms with van der Waals surface area (Å²) in [5.41, 5.74) is 12.3. The van der Waals surface area contributed by atoms with Gasteiger partial charge in [-0.05, 0) is 84.4 Å². The summed E-state index contributed by atoms with van der Waals surface area (Å²) in [6, 6.07) is 4.64. The van der Waals surface area contributed by atoms with Crippen LogP contribution in [0.4, 0.5) is 0 Å². The van der Waals surface area contributed by atoms with Crippen LogP contribution in [0.3, 0.4) is 0 Å². The van der Waals surface area contributed by atoms with Crippen LogP contribution >= 0.6 is 0 Å². The first-order valence-corrected chi connectivity index (χ1v) is 14.7. The number of hydrogen-bond donors (Lipinski definition) is 2. The molecule has 2 N–H and O–H groups in total. The van der Waals surface area contributed by atoms with Crippen LogP contribution in [0, 0.1) is 0 Å². The van der Waals surface area contributed by atoms with Crippen LogP contribution in [-0.4, -0.2) is 21.4 Å². The van der Waals surface area contributed by atoms with Gasteiger partial charge in [0.1, 0.15) is 0 Å². The van der Waals surface area contributed by atoms with Crippen molar-refractivity contribution in [2.75, 3.05) is 0 Å². The third-order valence-electron chi connectivity index (χ3n) is 7.51. The standard InChI is InChI=1S/C34H42N4/c1-5-9-23-17-27-21-28-18-25(11-7-3)33(36-28)15-16-34-26(12-8-4)20-30(38-34)22-29-19-24(10-6-2)32(37-29)14-13-31(23)35-27/h13,15,17-22,35,37H,5-12,14,16H2,1-4H3/b27-21-,30-22-,31-13+,33-15-. The maximum atomic E-state index is 5.09. The molecule has 38 heavy (non-hydrogen) atoms. The van der Waals surface area contributed by atoms with Crippen LogP contribution < -0.4 is 10.7 Å². The van der Waals surface area contributed by atoms with Crippen molar-refractivity contribution in [3.05, 3.63) is 86.1 Å². The van der Waals surface area contributed by atoms with E-state index in [1.165, 1.54) is 39.0 Å². The van der Waals surface area contributed by atoms with Crippen molar-refractivity contribution in [3.63, 3.8) is 0 Å². The molecule has 5 rings (SSSR count). The zero-order valence-corrected chi connectivity index (χ0v) is 23.6. The molecule has 3 aliphatic rings. The molecule has 0 radical (unpaired) electrons. The molecule has 0 saturated carbocycles. The number of allylic oxidation sites excluding steroid dienone is 5. The van der Waals surface area contributed by atoms with E-state index < -0.39 is 0 Å². The monoisotopic (exact) mass is 506 g/mol. The number of H-pyrrole nitrogens is 2. The Morgan fingerprint density at radius 1 is 0.684 bits per heavy atom. The molecule has 0 atom stereocenters. The van der Waals surface area contributed by atoms with Gasteiger partial charge < -0.3 is 9.97 Å². The second-order valence-electron chi connectivity index (χ2n) is 10.7. The fourth-order valence-electron chi connectivity index (χ4n) is 5.78. The normalized spacial score (nSPS) is 21.4. The lowest BCUT2D eigenvalue weighted by atomic mass is 10.0. The summed E-state index contributed by atoms with van der Waals surface area (Å²) in [5.74, 6) is 0. The Labute approximate surface area is 227 Å². The van der Waals surface area contributed by atoms with E-state index in [0.717, 1.165) is 92.4 Å². The van der Waals surface area contributed by atoms with Crippen molar-refractivity contribution in [2.24, 2.45) is 9.98 Å². The first-order chi connectivity index (χ1) is 18.6. The van der Waals surface area contributed by atoms with Crippen LogP contribution in [0.25, 0.3) is 18.2 Å². The minimum absolute atomic E-state index is 0.815. The number of rotatable bonds is 8. The molecule has 0 fully saturated rings. The van der Waals surface area contributed by atoms with Gasteiger partial charge in [-0.1, -0.05) is 65.5 Å². The maximum Gasteiger partial charge on any atom is 0.0661 e. The topological polar surface area (TPSA) is 56.3 Å². The lowest BCUT2D eigenvalue weighted by molar-refractivity contribution is 0.904. The molecule has 0 spiro atoms. The van der Waals surface area contributed by atoms with E-state index >= 15 is 0 Å². The predicted octanol–water partition coefficient (Wildman–Crippen LogP) is 7.04. The SMILES string of the molecule is CCCC1=C/C2=C/c3cc(CCC)c([nH]3)C/C=c3/[nH]/c(cc3CCC)=C\C3=NC(=C\CC1=N2)/C(CCC)=C3. The predicted molar refractivity (Wildman–Crippen MR) is 163 cm³/mol. The molecule has 8 bridgehead atoms. The Morgan fingerprint density at radius 3 is 2.24 bits per heavy atom. The zero-order chi connectivity index (χ0) is 26.5. The van der Waals surface area contributed by atoms with Gasteiger partial charge in [-0.25, -0.2) is 4.99 Å². The van der Waals surface area contributed by atoms with Crippen molar-refractivity contribution in [3.8, 4) is 0 Å². The largest absolute Gasteiger partial charge is 0.358 e. The number of hydrogen-bond acceptors (Lipinski definition) is 2. The van der Waals surface area contributed by atoms with Crippen molar-refractivity contribution in [1.82, 2.24) is 9.97 Å². The molecule has 0 aliphatic carbocycles. The van der Waals surface area contributed by atoms with Gasteiger partial charge in [0.05, 0.1) is 17.1 Å². The fourth-order valence-corrected chi connectivity index (χ4v) is 5.78. The highest BCUT2D eigenvalue weighted by molar-refractivity contribution is 6.19. The third-order valence-corrected chi connectivity index (χ3v) is 7.51. The van der Waals surface area contributed by atoms with E-state index in [1.54, 1.807) is 0 Å². The van der Waals surface area contributed by atoms with Crippen LogP contribution in [0.15, 0.2) is 62.9 Å². The van der Waals surface area contributed by atoms with Crippen molar-refractivity contribution in [1.29, 1.82) is 0 Å². The number of aromatic nitrogens is 2. The highest BCUT2D eigenvalue weighted by Crippen LogP contribution is 2.28. The molecule has 0 amide bonds. The van der Waals surface area contributed by atoms with E-state index in [0.29, 0.717) is 0 Å². The second-order valence-corrected chi connectivity index (χ2v) is 10.7. The zero-order valence-electron chi connectivity index (χ0n) is 23.6. The van der Waals surface area contributed by atoms with Gasteiger partial charge in [0.2, 0.25) is 0 Å². The number of nitrogens with zero attached hydrogens (tertiary/aromatic N) is 2. The highest BCUT2D eigenvalue weighted by atomic mass is 14.8. The molecule has 4 nitrogen and oxygen atoms in total. The summed E-state index contributed by atoms with van der Waals surface area (Å²) < 4.78 is 0. The van der Waals surface area contributed by atoms with E-state index in [1.807, 2.05) is 0 Å². The highest BCUT2D eigenvalue weighted by Gasteiger charge is 2.17. The Hall–Kier alpha value is -3.40. The number of fused-ring (bicyclic) bond motifs is 6. The summed E-state index contributed by atoms with van der Waals surface area (Å²) >= 11 is 0. The van der Waals surface area contributed by atoms with Crippen molar-refractivity contribution >= 4 is 29.7 Å². The molecule has 3 aliphatic heterocycles. The second kappa shape index (κ2) is 12.0. The van der Waals surface area contributed by atoms with Crippen LogP contribution in [0.2, 0.25) is 0 Å². The smallest absolute Gasteiger partial charge is 0.0661 e. The fraction of sp³-hybridized carbons (Fsp3) is 0.412. The van der Waals surface area contributed by atoms with Crippen molar-refractivity contribution in [2.45, 2.75) is 91.9 Å². The van der Waals surface area contributed by atoms with Gasteiger partial charge >= 0.3 is 0 Å². The Balaban J connectivity index is 1.65. The van der Waals surface area contributed by atoms with Gasteiger partial charge in [-0.2, -0.15) is 0 Å². The van der Waals surface area contributed by atoms with Gasteiger partial charge in [0, 0.05) is 40.6 Å². The number of nitrogens with one attached hydrogen (secondary N) is 2. The Kier molecular flexibility index (Phi) is 8.26. The average molecular weight is 507 g/mol. The minimum Gasteiger partial charge on any atom is -0.358 e. The first-order valence-electron chi connectivity index (χ1n) is 14.7. The van der Waals surface area contributed by atoms with Crippen LogP contribution in [0.5, 0.6) is 0 Å². The lowest BCUT2D eigenvalue weighted by Gasteiger charge is -2.05. The molecule has 4 heteroatoms. The summed E-state index contributed by atoms with van der Waals surface area (Å²) in [4.78, 5) is 17.6. The van der Waals surface area contributed by atoms with Crippen LogP contribution in [0.1, 0.15) is 95.2 Å². The molecular weight excluding hydrogens is 464 g/mol. The molecule has 5 heterocycles. The van der Waals surface area contributed by atoms with Gasteiger partial charge in [0.15, 0.2) is 0 Å².